The van der Waals surface area contributed by atoms with Gasteiger partial charge in [0.2, 0.25) is 10.0 Å². The molecule has 1 aromatic rings. The number of rotatable bonds is 2. The number of nitrogens with zero attached hydrogens (tertiary/aromatic N) is 1. The summed E-state index contributed by atoms with van der Waals surface area (Å²) in [6.07, 6.45) is 1.32. The Morgan fingerprint density at radius 2 is 1.79 bits per heavy atom. The van der Waals surface area contributed by atoms with Crippen molar-refractivity contribution >= 4 is 49.2 Å². The minimum absolute atomic E-state index is 0.0684. The zero-order valence-electron chi connectivity index (χ0n) is 9.94. The van der Waals surface area contributed by atoms with Crippen LogP contribution in [0.25, 0.3) is 0 Å². The van der Waals surface area contributed by atoms with Gasteiger partial charge in [-0.25, -0.2) is 8.42 Å². The molecule has 2 rings (SSSR count). The highest BCUT2D eigenvalue weighted by Crippen LogP contribution is 2.33. The van der Waals surface area contributed by atoms with Crippen molar-refractivity contribution < 1.29 is 8.42 Å². The summed E-state index contributed by atoms with van der Waals surface area (Å²) in [7, 11) is -3.60. The van der Waals surface area contributed by atoms with Crippen molar-refractivity contribution in [2.45, 2.75) is 23.8 Å². The Morgan fingerprint density at radius 3 is 2.37 bits per heavy atom. The van der Waals surface area contributed by atoms with Gasteiger partial charge in [-0.3, -0.25) is 0 Å². The maximum Gasteiger partial charge on any atom is 0.244 e. The number of nitrogens with two attached hydrogens (primary N) is 1. The summed E-state index contributed by atoms with van der Waals surface area (Å²) in [5.74, 6) is 0. The Hall–Kier alpha value is 0.150. The predicted octanol–water partition coefficient (Wildman–Crippen LogP) is 2.87. The first-order valence-corrected chi connectivity index (χ1v) is 8.71. The van der Waals surface area contributed by atoms with E-state index in [4.69, 9.17) is 28.9 Å². The van der Waals surface area contributed by atoms with E-state index < -0.39 is 10.0 Å². The minimum Gasteiger partial charge on any atom is -0.328 e. The molecule has 0 aromatic heterocycles. The Labute approximate surface area is 131 Å². The van der Waals surface area contributed by atoms with Crippen molar-refractivity contribution in [3.05, 3.63) is 26.7 Å². The van der Waals surface area contributed by atoms with Gasteiger partial charge in [-0.05, 0) is 40.9 Å². The van der Waals surface area contributed by atoms with E-state index >= 15 is 0 Å². The zero-order valence-corrected chi connectivity index (χ0v) is 13.9. The van der Waals surface area contributed by atoms with E-state index in [1.165, 1.54) is 16.4 Å². The lowest BCUT2D eigenvalue weighted by Gasteiger charge is -2.29. The first-order chi connectivity index (χ1) is 8.82. The third-order valence-corrected chi connectivity index (χ3v) is 6.65. The molecule has 0 amide bonds. The van der Waals surface area contributed by atoms with E-state index in [1.54, 1.807) is 0 Å². The molecule has 0 atom stereocenters. The van der Waals surface area contributed by atoms with E-state index in [-0.39, 0.29) is 16.0 Å². The van der Waals surface area contributed by atoms with Gasteiger partial charge in [0.15, 0.2) is 0 Å². The number of benzene rings is 1. The Bertz CT molecular complexity index is 587. The smallest absolute Gasteiger partial charge is 0.244 e. The summed E-state index contributed by atoms with van der Waals surface area (Å²) in [5, 5.41) is 0.507. The van der Waals surface area contributed by atoms with E-state index in [0.29, 0.717) is 35.4 Å². The average Bonchev–Trinajstić information content (AvgIpc) is 2.34. The lowest BCUT2D eigenvalue weighted by atomic mass is 10.1. The van der Waals surface area contributed by atoms with Gasteiger partial charge in [-0.15, -0.1) is 0 Å². The van der Waals surface area contributed by atoms with Crippen LogP contribution in [0.5, 0.6) is 0 Å². The molecule has 4 nitrogen and oxygen atoms in total. The number of halogens is 3. The zero-order chi connectivity index (χ0) is 14.2. The van der Waals surface area contributed by atoms with E-state index in [2.05, 4.69) is 15.9 Å². The third-order valence-electron chi connectivity index (χ3n) is 3.09. The quantitative estimate of drug-likeness (QED) is 0.793. The predicted molar refractivity (Wildman–Crippen MR) is 80.1 cm³/mol. The van der Waals surface area contributed by atoms with Gasteiger partial charge in [0.1, 0.15) is 4.90 Å². The van der Waals surface area contributed by atoms with Crippen molar-refractivity contribution in [2.75, 3.05) is 13.1 Å². The summed E-state index contributed by atoms with van der Waals surface area (Å²) >= 11 is 15.1. The molecule has 0 unspecified atom stereocenters. The number of piperidine rings is 1. The Morgan fingerprint density at radius 1 is 1.21 bits per heavy atom. The van der Waals surface area contributed by atoms with Gasteiger partial charge < -0.3 is 5.73 Å². The van der Waals surface area contributed by atoms with Crippen LogP contribution in [-0.2, 0) is 10.0 Å². The highest BCUT2D eigenvalue weighted by atomic mass is 79.9. The lowest BCUT2D eigenvalue weighted by molar-refractivity contribution is 0.320. The van der Waals surface area contributed by atoms with Gasteiger partial charge >= 0.3 is 0 Å². The second-order valence-electron chi connectivity index (χ2n) is 4.44. The Kier molecular flexibility index (Phi) is 4.80. The summed E-state index contributed by atoms with van der Waals surface area (Å²) in [4.78, 5) is 0.0703. The van der Waals surface area contributed by atoms with Crippen LogP contribution in [0.1, 0.15) is 12.8 Å². The second kappa shape index (κ2) is 5.87. The number of sulfonamides is 1. The molecule has 106 valence electrons. The molecule has 2 N–H and O–H groups in total. The molecular weight excluding hydrogens is 375 g/mol. The second-order valence-corrected chi connectivity index (χ2v) is 8.01. The lowest BCUT2D eigenvalue weighted by Crippen LogP contribution is -2.42. The van der Waals surface area contributed by atoms with Crippen LogP contribution in [-0.4, -0.2) is 31.9 Å². The van der Waals surface area contributed by atoms with E-state index in [0.717, 1.165) is 0 Å². The fourth-order valence-electron chi connectivity index (χ4n) is 1.96. The summed E-state index contributed by atoms with van der Waals surface area (Å²) in [6, 6.07) is 2.93. The fraction of sp³-hybridized carbons (Fsp3) is 0.455. The van der Waals surface area contributed by atoms with Crippen molar-refractivity contribution in [2.24, 2.45) is 5.73 Å². The van der Waals surface area contributed by atoms with Crippen LogP contribution in [0.4, 0.5) is 0 Å². The van der Waals surface area contributed by atoms with Crippen LogP contribution in [0.2, 0.25) is 10.0 Å². The standard InChI is InChI=1S/C11H13BrCl2N2O2S/c12-8-5-11(10(14)6-9(8)13)19(17,18)16-3-1-7(15)2-4-16/h5-7H,1-4,15H2. The van der Waals surface area contributed by atoms with Gasteiger partial charge in [0.25, 0.3) is 0 Å². The van der Waals surface area contributed by atoms with Crippen molar-refractivity contribution in [3.63, 3.8) is 0 Å². The molecule has 0 aliphatic carbocycles. The topological polar surface area (TPSA) is 63.4 Å². The molecule has 1 saturated heterocycles. The molecule has 1 fully saturated rings. The molecular formula is C11H13BrCl2N2O2S. The van der Waals surface area contributed by atoms with Crippen molar-refractivity contribution in [1.29, 1.82) is 0 Å². The molecule has 8 heteroatoms. The minimum atomic E-state index is -3.60. The molecule has 0 saturated carbocycles. The first-order valence-electron chi connectivity index (χ1n) is 5.72. The monoisotopic (exact) mass is 386 g/mol. The molecule has 0 radical (unpaired) electrons. The SMILES string of the molecule is NC1CCN(S(=O)(=O)c2cc(Br)c(Cl)cc2Cl)CC1. The largest absolute Gasteiger partial charge is 0.328 e. The molecule has 19 heavy (non-hydrogen) atoms. The van der Waals surface area contributed by atoms with Gasteiger partial charge in [-0.2, -0.15) is 4.31 Å². The molecule has 1 heterocycles. The molecule has 1 aliphatic rings. The molecule has 0 bridgehead atoms. The maximum atomic E-state index is 12.5. The highest BCUT2D eigenvalue weighted by molar-refractivity contribution is 9.10. The van der Waals surface area contributed by atoms with Crippen LogP contribution in [0.3, 0.4) is 0 Å². The van der Waals surface area contributed by atoms with Crippen LogP contribution < -0.4 is 5.73 Å². The average molecular weight is 388 g/mol. The molecule has 1 aromatic carbocycles. The van der Waals surface area contributed by atoms with Crippen LogP contribution in [0, 0.1) is 0 Å². The van der Waals surface area contributed by atoms with E-state index in [1.807, 2.05) is 0 Å². The van der Waals surface area contributed by atoms with Crippen LogP contribution in [0.15, 0.2) is 21.5 Å². The normalized spacial score (nSPS) is 18.7. The molecule has 1 aliphatic heterocycles. The van der Waals surface area contributed by atoms with Crippen molar-refractivity contribution in [3.8, 4) is 0 Å². The van der Waals surface area contributed by atoms with E-state index in [9.17, 15) is 8.42 Å². The first kappa shape index (κ1) is 15.5. The highest BCUT2D eigenvalue weighted by Gasteiger charge is 2.30. The molecule has 0 spiro atoms. The number of hydrogen-bond acceptors (Lipinski definition) is 3. The summed E-state index contributed by atoms with van der Waals surface area (Å²) in [5.41, 5.74) is 5.78. The summed E-state index contributed by atoms with van der Waals surface area (Å²) < 4.78 is 27.0. The fourth-order valence-corrected chi connectivity index (χ4v) is 4.67. The Balaban J connectivity index is 2.37. The van der Waals surface area contributed by atoms with Gasteiger partial charge in [-0.1, -0.05) is 23.2 Å². The third kappa shape index (κ3) is 3.25. The van der Waals surface area contributed by atoms with Crippen molar-refractivity contribution in [1.82, 2.24) is 4.31 Å². The summed E-state index contributed by atoms with van der Waals surface area (Å²) in [6.45, 7) is 0.833. The van der Waals surface area contributed by atoms with Crippen LogP contribution >= 0.6 is 39.1 Å². The maximum absolute atomic E-state index is 12.5. The van der Waals surface area contributed by atoms with Gasteiger partial charge in [0, 0.05) is 23.6 Å². The number of hydrogen-bond donors (Lipinski definition) is 1. The van der Waals surface area contributed by atoms with Gasteiger partial charge in [0.05, 0.1) is 10.0 Å².